The molecular formula is C11H25NO2. The third kappa shape index (κ3) is 4.61. The van der Waals surface area contributed by atoms with Crippen molar-refractivity contribution >= 4 is 5.97 Å². The van der Waals surface area contributed by atoms with Crippen LogP contribution in [0.5, 0.6) is 0 Å². The van der Waals surface area contributed by atoms with E-state index in [0.29, 0.717) is 5.92 Å². The standard InChI is InChI=1S/C11H22O2.H3N/c1-8(2)6-7-9(3)11(4,5)10(12)13;/h8-9H,6-7H2,1-5H3,(H,12,13);1H3. The first-order valence-electron chi connectivity index (χ1n) is 5.01. The lowest BCUT2D eigenvalue weighted by molar-refractivity contribution is -0.149. The van der Waals surface area contributed by atoms with Gasteiger partial charge in [0.2, 0.25) is 0 Å². The van der Waals surface area contributed by atoms with E-state index in [0.717, 1.165) is 12.8 Å². The molecule has 0 aliphatic heterocycles. The van der Waals surface area contributed by atoms with Crippen molar-refractivity contribution in [3.63, 3.8) is 0 Å². The van der Waals surface area contributed by atoms with E-state index in [1.54, 1.807) is 13.8 Å². The fourth-order valence-corrected chi connectivity index (χ4v) is 1.15. The van der Waals surface area contributed by atoms with E-state index in [4.69, 9.17) is 5.11 Å². The van der Waals surface area contributed by atoms with Crippen LogP contribution in [0.1, 0.15) is 47.5 Å². The predicted octanol–water partition coefficient (Wildman–Crippen LogP) is 3.33. The van der Waals surface area contributed by atoms with Crippen molar-refractivity contribution in [2.45, 2.75) is 47.5 Å². The number of carboxylic acid groups (broad SMARTS) is 1. The molecule has 0 amide bonds. The maximum absolute atomic E-state index is 10.9. The summed E-state index contributed by atoms with van der Waals surface area (Å²) < 4.78 is 0. The second kappa shape index (κ2) is 6.02. The first-order valence-corrected chi connectivity index (χ1v) is 5.01. The van der Waals surface area contributed by atoms with E-state index in [9.17, 15) is 4.79 Å². The van der Waals surface area contributed by atoms with E-state index in [-0.39, 0.29) is 12.1 Å². The summed E-state index contributed by atoms with van der Waals surface area (Å²) in [5.74, 6) is 0.211. The molecule has 1 unspecified atom stereocenters. The Morgan fingerprint density at radius 2 is 1.64 bits per heavy atom. The van der Waals surface area contributed by atoms with Gasteiger partial charge in [-0.1, -0.05) is 27.2 Å². The Morgan fingerprint density at radius 3 is 1.93 bits per heavy atom. The number of carboxylic acids is 1. The van der Waals surface area contributed by atoms with E-state index in [1.165, 1.54) is 0 Å². The minimum Gasteiger partial charge on any atom is -0.481 e. The lowest BCUT2D eigenvalue weighted by Gasteiger charge is -2.27. The van der Waals surface area contributed by atoms with Crippen molar-refractivity contribution < 1.29 is 9.90 Å². The summed E-state index contributed by atoms with van der Waals surface area (Å²) in [5.41, 5.74) is -0.588. The van der Waals surface area contributed by atoms with Gasteiger partial charge < -0.3 is 11.3 Å². The Bertz CT molecular complexity index is 176. The average Bonchev–Trinajstić information content (AvgIpc) is 1.99. The number of rotatable bonds is 5. The molecule has 0 bridgehead atoms. The molecule has 1 atom stereocenters. The van der Waals surface area contributed by atoms with Gasteiger partial charge >= 0.3 is 5.97 Å². The Balaban J connectivity index is 0. The van der Waals surface area contributed by atoms with Crippen LogP contribution in [-0.2, 0) is 4.79 Å². The molecule has 4 N–H and O–H groups in total. The van der Waals surface area contributed by atoms with Crippen LogP contribution in [0.15, 0.2) is 0 Å². The van der Waals surface area contributed by atoms with Gasteiger partial charge in [-0.25, -0.2) is 0 Å². The molecule has 0 radical (unpaired) electrons. The molecule has 0 aliphatic carbocycles. The molecule has 14 heavy (non-hydrogen) atoms. The van der Waals surface area contributed by atoms with Crippen LogP contribution in [-0.4, -0.2) is 11.1 Å². The summed E-state index contributed by atoms with van der Waals surface area (Å²) in [6.07, 6.45) is 2.11. The number of aliphatic carboxylic acids is 1. The fourth-order valence-electron chi connectivity index (χ4n) is 1.15. The van der Waals surface area contributed by atoms with Crippen molar-refractivity contribution in [1.29, 1.82) is 0 Å². The topological polar surface area (TPSA) is 72.3 Å². The molecule has 0 aliphatic rings. The van der Waals surface area contributed by atoms with Crippen LogP contribution < -0.4 is 6.15 Å². The first-order chi connectivity index (χ1) is 5.78. The molecule has 0 aromatic carbocycles. The molecule has 0 rings (SSSR count). The van der Waals surface area contributed by atoms with Gasteiger partial charge in [-0.3, -0.25) is 4.79 Å². The zero-order chi connectivity index (χ0) is 10.6. The lowest BCUT2D eigenvalue weighted by Crippen LogP contribution is -2.31. The highest BCUT2D eigenvalue weighted by molar-refractivity contribution is 5.73. The summed E-state index contributed by atoms with van der Waals surface area (Å²) in [7, 11) is 0. The molecule has 0 fully saturated rings. The highest BCUT2D eigenvalue weighted by atomic mass is 16.4. The van der Waals surface area contributed by atoms with Gasteiger partial charge in [0, 0.05) is 0 Å². The summed E-state index contributed by atoms with van der Waals surface area (Å²) in [5, 5.41) is 8.98. The van der Waals surface area contributed by atoms with Crippen LogP contribution in [0.25, 0.3) is 0 Å². The van der Waals surface area contributed by atoms with Crippen LogP contribution in [0, 0.1) is 17.3 Å². The summed E-state index contributed by atoms with van der Waals surface area (Å²) >= 11 is 0. The van der Waals surface area contributed by atoms with E-state index in [1.807, 2.05) is 6.92 Å². The lowest BCUT2D eigenvalue weighted by atomic mass is 9.77. The van der Waals surface area contributed by atoms with Crippen molar-refractivity contribution in [2.75, 3.05) is 0 Å². The maximum Gasteiger partial charge on any atom is 0.309 e. The molecule has 3 heteroatoms. The number of carbonyl (C=O) groups is 1. The van der Waals surface area contributed by atoms with Crippen LogP contribution >= 0.6 is 0 Å². The fraction of sp³-hybridized carbons (Fsp3) is 0.909. The SMILES string of the molecule is CC(C)CCC(C)C(C)(C)C(=O)O.N. The maximum atomic E-state index is 10.9. The van der Waals surface area contributed by atoms with Crippen LogP contribution in [0.4, 0.5) is 0 Å². The van der Waals surface area contributed by atoms with Gasteiger partial charge in [0.25, 0.3) is 0 Å². The Hall–Kier alpha value is -0.570. The molecule has 0 saturated heterocycles. The van der Waals surface area contributed by atoms with Gasteiger partial charge in [-0.05, 0) is 32.1 Å². The smallest absolute Gasteiger partial charge is 0.309 e. The number of hydrogen-bond donors (Lipinski definition) is 2. The molecule has 0 spiro atoms. The van der Waals surface area contributed by atoms with E-state index < -0.39 is 11.4 Å². The highest BCUT2D eigenvalue weighted by Gasteiger charge is 2.33. The summed E-state index contributed by atoms with van der Waals surface area (Å²) in [4.78, 5) is 10.9. The predicted molar refractivity (Wildman–Crippen MR) is 59.7 cm³/mol. The summed E-state index contributed by atoms with van der Waals surface area (Å²) in [6, 6.07) is 0. The third-order valence-electron chi connectivity index (χ3n) is 2.96. The van der Waals surface area contributed by atoms with Crippen molar-refractivity contribution in [2.24, 2.45) is 17.3 Å². The zero-order valence-corrected chi connectivity index (χ0v) is 10.1. The normalized spacial score (nSPS) is 13.6. The molecule has 0 heterocycles. The molecule has 0 aromatic heterocycles. The van der Waals surface area contributed by atoms with Crippen molar-refractivity contribution in [3.05, 3.63) is 0 Å². The molecular weight excluding hydrogens is 178 g/mol. The molecule has 0 saturated carbocycles. The van der Waals surface area contributed by atoms with Gasteiger partial charge in [-0.2, -0.15) is 0 Å². The molecule has 3 nitrogen and oxygen atoms in total. The minimum absolute atomic E-state index is 0. The monoisotopic (exact) mass is 203 g/mol. The van der Waals surface area contributed by atoms with Gasteiger partial charge in [0.1, 0.15) is 0 Å². The Kier molecular flexibility index (Phi) is 6.82. The number of hydrogen-bond acceptors (Lipinski definition) is 2. The zero-order valence-electron chi connectivity index (χ0n) is 10.1. The minimum atomic E-state index is -0.691. The molecule has 0 aromatic rings. The van der Waals surface area contributed by atoms with Crippen LogP contribution in [0.3, 0.4) is 0 Å². The van der Waals surface area contributed by atoms with Gasteiger partial charge in [0.15, 0.2) is 0 Å². The first kappa shape index (κ1) is 15.9. The largest absolute Gasteiger partial charge is 0.481 e. The Labute approximate surface area is 87.5 Å². The van der Waals surface area contributed by atoms with Crippen molar-refractivity contribution in [3.8, 4) is 0 Å². The summed E-state index contributed by atoms with van der Waals surface area (Å²) in [6.45, 7) is 9.97. The van der Waals surface area contributed by atoms with Gasteiger partial charge in [-0.15, -0.1) is 0 Å². The van der Waals surface area contributed by atoms with Crippen molar-refractivity contribution in [1.82, 2.24) is 6.15 Å². The quantitative estimate of drug-likeness (QED) is 0.719. The second-order valence-electron chi connectivity index (χ2n) is 4.90. The van der Waals surface area contributed by atoms with E-state index in [2.05, 4.69) is 13.8 Å². The Morgan fingerprint density at radius 1 is 1.21 bits per heavy atom. The average molecular weight is 203 g/mol. The highest BCUT2D eigenvalue weighted by Crippen LogP contribution is 2.31. The third-order valence-corrected chi connectivity index (χ3v) is 2.96. The van der Waals surface area contributed by atoms with Gasteiger partial charge in [0.05, 0.1) is 5.41 Å². The second-order valence-corrected chi connectivity index (χ2v) is 4.90. The molecule has 86 valence electrons. The van der Waals surface area contributed by atoms with Crippen LogP contribution in [0.2, 0.25) is 0 Å². The van der Waals surface area contributed by atoms with E-state index >= 15 is 0 Å².